The van der Waals surface area contributed by atoms with Crippen molar-refractivity contribution in [3.63, 3.8) is 0 Å². The van der Waals surface area contributed by atoms with Crippen LogP contribution in [0.3, 0.4) is 0 Å². The molecule has 0 radical (unpaired) electrons. The second-order valence-electron chi connectivity index (χ2n) is 12.7. The van der Waals surface area contributed by atoms with E-state index in [-0.39, 0.29) is 35.0 Å². The number of rotatable bonds is 2. The lowest BCUT2D eigenvalue weighted by Gasteiger charge is -2.38. The minimum atomic E-state index is -0.294. The van der Waals surface area contributed by atoms with E-state index < -0.39 is 0 Å². The number of carbonyl (C=O) groups excluding carboxylic acids is 3. The summed E-state index contributed by atoms with van der Waals surface area (Å²) in [7, 11) is 2.16. The number of nitrogens with zero attached hydrogens (tertiary/aromatic N) is 8. The number of aromatic nitrogens is 4. The molecule has 11 nitrogen and oxygen atoms in total. The van der Waals surface area contributed by atoms with Gasteiger partial charge in [0.05, 0.1) is 53.2 Å². The van der Waals surface area contributed by atoms with Gasteiger partial charge < -0.3 is 14.7 Å². The smallest absolute Gasteiger partial charge is 0.320 e. The van der Waals surface area contributed by atoms with E-state index in [2.05, 4.69) is 23.0 Å². The van der Waals surface area contributed by atoms with Crippen LogP contribution in [0.4, 0.5) is 4.79 Å². The number of benzene rings is 1. The Morgan fingerprint density at radius 2 is 1.77 bits per heavy atom. The Bertz CT molecular complexity index is 1970. The summed E-state index contributed by atoms with van der Waals surface area (Å²) < 4.78 is 3.64. The molecule has 0 atom stereocenters. The Morgan fingerprint density at radius 3 is 2.59 bits per heavy atom. The largest absolute Gasteiger partial charge is 0.324 e. The molecule has 2 saturated heterocycles. The summed E-state index contributed by atoms with van der Waals surface area (Å²) in [5, 5.41) is 15.5. The average molecular weight is 589 g/mol. The zero-order valence-electron chi connectivity index (χ0n) is 24.6. The van der Waals surface area contributed by atoms with Gasteiger partial charge in [-0.15, -0.1) is 0 Å². The molecular formula is C33H32N8O3. The number of urea groups is 1. The number of hydrogen-bond acceptors (Lipinski definition) is 7. The molecule has 0 bridgehead atoms. The number of carbonyl (C=O) groups is 3. The fourth-order valence-corrected chi connectivity index (χ4v) is 7.64. The van der Waals surface area contributed by atoms with Gasteiger partial charge in [0.25, 0.3) is 0 Å². The maximum atomic E-state index is 13.9. The highest BCUT2D eigenvalue weighted by atomic mass is 16.2. The lowest BCUT2D eigenvalue weighted by Crippen LogP contribution is -2.45. The van der Waals surface area contributed by atoms with Crippen molar-refractivity contribution in [2.24, 2.45) is 5.41 Å². The topological polar surface area (TPSA) is 120 Å². The first-order valence-electron chi connectivity index (χ1n) is 15.2. The summed E-state index contributed by atoms with van der Waals surface area (Å²) in [6, 6.07) is 11.4. The van der Waals surface area contributed by atoms with Crippen LogP contribution in [0.25, 0.3) is 27.7 Å². The number of ketones is 2. The van der Waals surface area contributed by atoms with E-state index >= 15 is 0 Å². The number of hydrogen-bond donors (Lipinski definition) is 0. The SMILES string of the molecule is CN1CCC2(CC1)CCN(C(=O)N1CCn3nc(C4=C(c5cnc6ccccn56)C(=O)CC4=O)c4cc(C#N)cc(c43)C1)C2. The highest BCUT2D eigenvalue weighted by molar-refractivity contribution is 6.51. The number of nitriles is 1. The van der Waals surface area contributed by atoms with Gasteiger partial charge in [-0.05, 0) is 74.6 Å². The molecule has 2 amide bonds. The lowest BCUT2D eigenvalue weighted by atomic mass is 9.78. The van der Waals surface area contributed by atoms with E-state index in [9.17, 15) is 19.6 Å². The maximum absolute atomic E-state index is 13.9. The molecule has 0 N–H and O–H groups in total. The molecule has 2 fully saturated rings. The van der Waals surface area contributed by atoms with Crippen molar-refractivity contribution in [2.75, 3.05) is 39.8 Å². The Balaban J connectivity index is 1.18. The highest BCUT2D eigenvalue weighted by Gasteiger charge is 2.43. The normalized spacial score (nSPS) is 20.4. The Kier molecular flexibility index (Phi) is 6.00. The fourth-order valence-electron chi connectivity index (χ4n) is 7.64. The molecular weight excluding hydrogens is 556 g/mol. The monoisotopic (exact) mass is 588 g/mol. The number of allylic oxidation sites excluding steroid dienone is 2. The van der Waals surface area contributed by atoms with Gasteiger partial charge in [-0.1, -0.05) is 6.07 Å². The van der Waals surface area contributed by atoms with Gasteiger partial charge >= 0.3 is 6.03 Å². The van der Waals surface area contributed by atoms with Gasteiger partial charge in [-0.2, -0.15) is 10.4 Å². The molecule has 222 valence electrons. The molecule has 3 aromatic heterocycles. The highest BCUT2D eigenvalue weighted by Crippen LogP contribution is 2.42. The van der Waals surface area contributed by atoms with Crippen molar-refractivity contribution in [2.45, 2.75) is 38.8 Å². The molecule has 1 aromatic carbocycles. The van der Waals surface area contributed by atoms with Crippen LogP contribution in [0.5, 0.6) is 0 Å². The molecule has 6 heterocycles. The minimum Gasteiger partial charge on any atom is -0.324 e. The van der Waals surface area contributed by atoms with Gasteiger partial charge in [-0.25, -0.2) is 9.78 Å². The summed E-state index contributed by atoms with van der Waals surface area (Å²) in [6.07, 6.45) is 6.47. The summed E-state index contributed by atoms with van der Waals surface area (Å²) in [5.41, 5.74) is 4.41. The summed E-state index contributed by atoms with van der Waals surface area (Å²) in [5.74, 6) is -0.566. The fraction of sp³-hybridized carbons (Fsp3) is 0.394. The van der Waals surface area contributed by atoms with Gasteiger partial charge in [0.15, 0.2) is 11.6 Å². The molecule has 44 heavy (non-hydrogen) atoms. The molecule has 8 rings (SSSR count). The van der Waals surface area contributed by atoms with Crippen LogP contribution in [-0.2, 0) is 22.7 Å². The third-order valence-electron chi connectivity index (χ3n) is 10.1. The van der Waals surface area contributed by atoms with Gasteiger partial charge in [0, 0.05) is 37.8 Å². The van der Waals surface area contributed by atoms with E-state index in [0.717, 1.165) is 56.5 Å². The molecule has 0 unspecified atom stereocenters. The molecule has 3 aliphatic heterocycles. The third-order valence-corrected chi connectivity index (χ3v) is 10.1. The van der Waals surface area contributed by atoms with Crippen molar-refractivity contribution in [3.8, 4) is 6.07 Å². The second-order valence-corrected chi connectivity index (χ2v) is 12.7. The molecule has 1 aliphatic carbocycles. The number of amides is 2. The van der Waals surface area contributed by atoms with Crippen molar-refractivity contribution in [1.82, 2.24) is 33.9 Å². The first-order valence-corrected chi connectivity index (χ1v) is 15.2. The summed E-state index contributed by atoms with van der Waals surface area (Å²) >= 11 is 0. The van der Waals surface area contributed by atoms with Crippen LogP contribution in [0, 0.1) is 16.7 Å². The van der Waals surface area contributed by atoms with Crippen LogP contribution < -0.4 is 0 Å². The Morgan fingerprint density at radius 1 is 0.977 bits per heavy atom. The summed E-state index contributed by atoms with van der Waals surface area (Å²) in [4.78, 5) is 51.3. The first-order chi connectivity index (χ1) is 21.3. The van der Waals surface area contributed by atoms with Crippen LogP contribution in [-0.4, -0.2) is 91.2 Å². The van der Waals surface area contributed by atoms with E-state index in [1.165, 1.54) is 0 Å². The van der Waals surface area contributed by atoms with Crippen LogP contribution in [0.1, 0.15) is 48.2 Å². The van der Waals surface area contributed by atoms with E-state index in [0.29, 0.717) is 53.2 Å². The Hall–Kier alpha value is -4.82. The predicted octanol–water partition coefficient (Wildman–Crippen LogP) is 3.36. The molecule has 4 aliphatic rings. The van der Waals surface area contributed by atoms with E-state index in [1.807, 2.05) is 44.9 Å². The van der Waals surface area contributed by atoms with Crippen LogP contribution in [0.15, 0.2) is 42.7 Å². The number of fused-ring (bicyclic) bond motifs is 1. The molecule has 4 aromatic rings. The van der Waals surface area contributed by atoms with Crippen molar-refractivity contribution >= 4 is 45.3 Å². The molecule has 0 saturated carbocycles. The maximum Gasteiger partial charge on any atom is 0.320 e. The zero-order chi connectivity index (χ0) is 30.2. The number of piperidine rings is 1. The van der Waals surface area contributed by atoms with E-state index in [1.54, 1.807) is 16.7 Å². The number of pyridine rings is 1. The number of imidazole rings is 1. The third kappa shape index (κ3) is 4.08. The van der Waals surface area contributed by atoms with Gasteiger partial charge in [0.1, 0.15) is 11.3 Å². The van der Waals surface area contributed by atoms with Gasteiger partial charge in [-0.3, -0.25) is 18.7 Å². The van der Waals surface area contributed by atoms with Crippen molar-refractivity contribution in [3.05, 3.63) is 65.2 Å². The summed E-state index contributed by atoms with van der Waals surface area (Å²) in [6.45, 7) is 4.91. The molecule has 11 heteroatoms. The molecule has 1 spiro atoms. The predicted molar refractivity (Wildman–Crippen MR) is 162 cm³/mol. The van der Waals surface area contributed by atoms with Crippen LogP contribution in [0.2, 0.25) is 0 Å². The lowest BCUT2D eigenvalue weighted by molar-refractivity contribution is -0.119. The first kappa shape index (κ1) is 26.8. The quantitative estimate of drug-likeness (QED) is 0.330. The van der Waals surface area contributed by atoms with Crippen molar-refractivity contribution in [1.29, 1.82) is 5.26 Å². The van der Waals surface area contributed by atoms with Crippen LogP contribution >= 0.6 is 0 Å². The number of Topliss-reactive ketones (excluding diaryl/α,β-unsaturated/α-hetero) is 2. The number of likely N-dealkylation sites (tertiary alicyclic amines) is 2. The zero-order valence-corrected chi connectivity index (χ0v) is 24.6. The average Bonchev–Trinajstić information content (AvgIpc) is 3.77. The van der Waals surface area contributed by atoms with E-state index in [4.69, 9.17) is 5.10 Å². The van der Waals surface area contributed by atoms with Crippen molar-refractivity contribution < 1.29 is 14.4 Å². The van der Waals surface area contributed by atoms with Gasteiger partial charge in [0.2, 0.25) is 0 Å². The Labute approximate surface area is 253 Å². The standard InChI is InChI=1S/C33H32N8O3/c1-37-9-5-33(6-10-37)7-11-39(20-33)32(44)38-12-13-41-31-22(19-38)14-21(17-34)15-23(31)30(36-41)29-26(43)16-25(42)28(29)24-18-35-27-4-2-3-8-40(24)27/h2-4,8,14-15,18H,5-7,9-13,16,19-20H2,1H3. The minimum absolute atomic E-state index is 0.0245. The second kappa shape index (κ2) is 9.86.